The maximum absolute atomic E-state index is 12.8. The van der Waals surface area contributed by atoms with E-state index in [1.54, 1.807) is 0 Å². The van der Waals surface area contributed by atoms with Crippen molar-refractivity contribution in [3.05, 3.63) is 48.0 Å². The number of hydrogen-bond donors (Lipinski definition) is 1. The number of nitrogens with zero attached hydrogens (tertiary/aromatic N) is 3. The Balaban J connectivity index is 0. The summed E-state index contributed by atoms with van der Waals surface area (Å²) in [5.74, 6) is 0.114. The molecule has 0 fully saturated rings. The number of likely N-dealkylation sites (N-methyl/N-ethyl adjacent to an activating group) is 1. The molecule has 8 heteroatoms. The van der Waals surface area contributed by atoms with E-state index in [1.807, 2.05) is 0 Å². The minimum Gasteiger partial charge on any atom is -0.354 e. The fourth-order valence-corrected chi connectivity index (χ4v) is 4.20. The fourth-order valence-electron chi connectivity index (χ4n) is 4.20. The Kier molecular flexibility index (Phi) is 17.9. The van der Waals surface area contributed by atoms with Gasteiger partial charge in [-0.25, -0.2) is 0 Å². The zero-order valence-corrected chi connectivity index (χ0v) is 24.1. The Morgan fingerprint density at radius 2 is 1.35 bits per heavy atom. The van der Waals surface area contributed by atoms with E-state index >= 15 is 0 Å². The molecule has 1 N–H and O–H groups in total. The van der Waals surface area contributed by atoms with Crippen LogP contribution in [-0.4, -0.2) is 88.1 Å². The lowest BCUT2D eigenvalue weighted by Crippen LogP contribution is -2.46. The van der Waals surface area contributed by atoms with Gasteiger partial charge in [-0.1, -0.05) is 56.3 Å². The molecule has 1 amide bonds. The van der Waals surface area contributed by atoms with Gasteiger partial charge in [-0.15, -0.1) is 37.2 Å². The molecule has 0 saturated carbocycles. The largest absolute Gasteiger partial charge is 0.354 e. The minimum absolute atomic E-state index is 0. The Morgan fingerprint density at radius 3 is 1.88 bits per heavy atom. The minimum atomic E-state index is -0.131. The number of rotatable bonds is 13. The number of amides is 1. The molecule has 0 bridgehead atoms. The highest BCUT2D eigenvalue weighted by atomic mass is 35.5. The third-order valence-corrected chi connectivity index (χ3v) is 6.32. The maximum Gasteiger partial charge on any atom is 0.234 e. The monoisotopic (exact) mass is 534 g/mol. The van der Waals surface area contributed by atoms with Gasteiger partial charge in [0.05, 0.1) is 6.54 Å². The van der Waals surface area contributed by atoms with Gasteiger partial charge in [0.1, 0.15) is 0 Å². The van der Waals surface area contributed by atoms with Crippen molar-refractivity contribution in [1.29, 1.82) is 0 Å². The van der Waals surface area contributed by atoms with Crippen molar-refractivity contribution in [2.45, 2.75) is 32.1 Å². The average Bonchev–Trinajstić information content (AvgIpc) is 2.76. The molecule has 34 heavy (non-hydrogen) atoms. The van der Waals surface area contributed by atoms with Crippen LogP contribution in [0.5, 0.6) is 0 Å². The van der Waals surface area contributed by atoms with E-state index in [-0.39, 0.29) is 48.5 Å². The van der Waals surface area contributed by atoms with Crippen molar-refractivity contribution in [3.63, 3.8) is 0 Å². The first-order valence-corrected chi connectivity index (χ1v) is 11.6. The Bertz CT molecular complexity index is 811. The second-order valence-electron chi connectivity index (χ2n) is 9.15. The molecule has 0 aliphatic carbocycles. The zero-order chi connectivity index (χ0) is 22.9. The summed E-state index contributed by atoms with van der Waals surface area (Å²) >= 11 is 0. The molecule has 5 nitrogen and oxygen atoms in total. The lowest BCUT2D eigenvalue weighted by molar-refractivity contribution is -0.122. The van der Waals surface area contributed by atoms with Crippen LogP contribution in [-0.2, 0) is 10.2 Å². The predicted octanol–water partition coefficient (Wildman–Crippen LogP) is 4.70. The molecule has 0 radical (unpaired) electrons. The molecule has 0 atom stereocenters. The van der Waals surface area contributed by atoms with E-state index in [2.05, 4.69) is 105 Å². The third kappa shape index (κ3) is 10.3. The van der Waals surface area contributed by atoms with Gasteiger partial charge in [0.2, 0.25) is 5.91 Å². The van der Waals surface area contributed by atoms with Gasteiger partial charge >= 0.3 is 0 Å². The van der Waals surface area contributed by atoms with E-state index in [0.29, 0.717) is 13.1 Å². The number of halogens is 3. The highest BCUT2D eigenvalue weighted by Gasteiger charge is 2.34. The van der Waals surface area contributed by atoms with E-state index in [0.717, 1.165) is 39.0 Å². The second kappa shape index (κ2) is 17.4. The molecule has 0 aliphatic rings. The van der Waals surface area contributed by atoms with Crippen LogP contribution in [0.2, 0.25) is 0 Å². The van der Waals surface area contributed by atoms with Gasteiger partial charge in [-0.2, -0.15) is 0 Å². The lowest BCUT2D eigenvalue weighted by Gasteiger charge is -2.38. The first-order chi connectivity index (χ1) is 14.8. The number of carbonyl (C=O) groups is 1. The molecule has 2 rings (SSSR count). The van der Waals surface area contributed by atoms with Gasteiger partial charge in [-0.3, -0.25) is 9.69 Å². The van der Waals surface area contributed by atoms with Crippen molar-refractivity contribution in [2.24, 2.45) is 0 Å². The van der Waals surface area contributed by atoms with Gasteiger partial charge in [0.15, 0.2) is 0 Å². The molecule has 0 unspecified atom stereocenters. The smallest absolute Gasteiger partial charge is 0.234 e. The summed E-state index contributed by atoms with van der Waals surface area (Å²) in [6.45, 7) is 9.05. The van der Waals surface area contributed by atoms with Crippen molar-refractivity contribution in [1.82, 2.24) is 20.0 Å². The van der Waals surface area contributed by atoms with Crippen LogP contribution in [0.3, 0.4) is 0 Å². The third-order valence-electron chi connectivity index (χ3n) is 6.32. The quantitative estimate of drug-likeness (QED) is 0.403. The summed E-state index contributed by atoms with van der Waals surface area (Å²) in [5.41, 5.74) is 1.21. The van der Waals surface area contributed by atoms with Crippen LogP contribution < -0.4 is 5.32 Å². The standard InChI is InChI=1S/C26H42N4O.3ClH/c1-7-30(8-2)20-25(31)27-21-26(16-18-28(3)4,17-19-29(5)6)24-15-11-13-22-12-9-10-14-23(22)24;;;/h9-15H,7-8,16-21H2,1-6H3,(H,27,31);3*1H. The molecule has 0 heterocycles. The van der Waals surface area contributed by atoms with E-state index in [9.17, 15) is 4.79 Å². The van der Waals surface area contributed by atoms with Crippen molar-refractivity contribution in [2.75, 3.05) is 67.5 Å². The maximum atomic E-state index is 12.8. The molecule has 196 valence electrons. The molecule has 2 aromatic rings. The fraction of sp³-hybridized carbons (Fsp3) is 0.577. The highest BCUT2D eigenvalue weighted by Crippen LogP contribution is 2.36. The van der Waals surface area contributed by atoms with Gasteiger partial charge in [0, 0.05) is 12.0 Å². The number of carbonyl (C=O) groups excluding carboxylic acids is 1. The molecule has 0 spiro atoms. The van der Waals surface area contributed by atoms with Crippen LogP contribution in [0.15, 0.2) is 42.5 Å². The number of hydrogen-bond acceptors (Lipinski definition) is 4. The van der Waals surface area contributed by atoms with Crippen molar-refractivity contribution < 1.29 is 4.79 Å². The number of fused-ring (bicyclic) bond motifs is 1. The van der Waals surface area contributed by atoms with Gasteiger partial charge in [-0.05, 0) is 83.5 Å². The molecule has 0 aromatic heterocycles. The summed E-state index contributed by atoms with van der Waals surface area (Å²) in [4.78, 5) is 19.5. The predicted molar refractivity (Wildman–Crippen MR) is 155 cm³/mol. The normalized spacial score (nSPS) is 11.2. The first-order valence-electron chi connectivity index (χ1n) is 11.6. The Labute approximate surface area is 225 Å². The van der Waals surface area contributed by atoms with Crippen LogP contribution in [0.4, 0.5) is 0 Å². The van der Waals surface area contributed by atoms with E-state index in [1.165, 1.54) is 16.3 Å². The molecule has 0 aliphatic heterocycles. The summed E-state index contributed by atoms with van der Waals surface area (Å²) in [6, 6.07) is 15.2. The van der Waals surface area contributed by atoms with Crippen LogP contribution in [0.1, 0.15) is 32.3 Å². The van der Waals surface area contributed by atoms with E-state index < -0.39 is 0 Å². The van der Waals surface area contributed by atoms with Crippen LogP contribution in [0.25, 0.3) is 10.8 Å². The molecular formula is C26H45Cl3N4O. The molecule has 0 saturated heterocycles. The molecular weight excluding hydrogens is 491 g/mol. The van der Waals surface area contributed by atoms with Crippen LogP contribution >= 0.6 is 37.2 Å². The number of benzene rings is 2. The summed E-state index contributed by atoms with van der Waals surface area (Å²) in [5, 5.41) is 5.87. The number of nitrogens with one attached hydrogen (secondary N) is 1. The van der Waals surface area contributed by atoms with Crippen molar-refractivity contribution in [3.8, 4) is 0 Å². The Hall–Kier alpha value is -1.08. The van der Waals surface area contributed by atoms with E-state index in [4.69, 9.17) is 0 Å². The summed E-state index contributed by atoms with van der Waals surface area (Å²) in [7, 11) is 8.50. The van der Waals surface area contributed by atoms with Crippen LogP contribution in [0, 0.1) is 0 Å². The summed E-state index contributed by atoms with van der Waals surface area (Å²) < 4.78 is 0. The SMILES string of the molecule is CCN(CC)CC(=O)NCC(CCN(C)C)(CCN(C)C)c1cccc2ccccc12.Cl.Cl.Cl. The Morgan fingerprint density at radius 1 is 0.824 bits per heavy atom. The van der Waals surface area contributed by atoms with Gasteiger partial charge in [0.25, 0.3) is 0 Å². The topological polar surface area (TPSA) is 38.8 Å². The highest BCUT2D eigenvalue weighted by molar-refractivity contribution is 5.87. The lowest BCUT2D eigenvalue weighted by atomic mass is 9.72. The average molecular weight is 536 g/mol. The molecule has 2 aromatic carbocycles. The second-order valence-corrected chi connectivity index (χ2v) is 9.15. The summed E-state index contributed by atoms with van der Waals surface area (Å²) in [6.07, 6.45) is 1.99. The van der Waals surface area contributed by atoms with Crippen molar-refractivity contribution >= 4 is 53.9 Å². The zero-order valence-electron chi connectivity index (χ0n) is 21.7. The first kappa shape index (κ1) is 35.1. The van der Waals surface area contributed by atoms with Gasteiger partial charge < -0.3 is 15.1 Å².